The molecule has 1 amide bonds. The van der Waals surface area contributed by atoms with Crippen LogP contribution < -0.4 is 5.32 Å². The lowest BCUT2D eigenvalue weighted by molar-refractivity contribution is -0.122. The number of carbonyl (C=O) groups is 1. The van der Waals surface area contributed by atoms with E-state index in [0.29, 0.717) is 13.0 Å². The third-order valence-electron chi connectivity index (χ3n) is 2.33. The highest BCUT2D eigenvalue weighted by atomic mass is 16.3. The fourth-order valence-electron chi connectivity index (χ4n) is 1.25. The van der Waals surface area contributed by atoms with Crippen molar-refractivity contribution in [2.24, 2.45) is 5.41 Å². The lowest BCUT2D eigenvalue weighted by Crippen LogP contribution is -2.36. The van der Waals surface area contributed by atoms with Gasteiger partial charge >= 0.3 is 0 Å². The first kappa shape index (κ1) is 12.6. The summed E-state index contributed by atoms with van der Waals surface area (Å²) in [5.74, 6) is -0.100. The molecule has 90 valence electrons. The third kappa shape index (κ3) is 4.39. The number of nitrogens with one attached hydrogen (secondary N) is 1. The maximum absolute atomic E-state index is 11.5. The largest absolute Gasteiger partial charge is 0.396 e. The SMILES string of the molecule is CC(C)(CCO)CNC(=O)Cn1ccnn1. The number of nitrogens with zero attached hydrogens (tertiary/aromatic N) is 3. The van der Waals surface area contributed by atoms with Crippen LogP contribution >= 0.6 is 0 Å². The predicted molar refractivity (Wildman–Crippen MR) is 58.5 cm³/mol. The Labute approximate surface area is 94.7 Å². The van der Waals surface area contributed by atoms with Crippen LogP contribution in [0.15, 0.2) is 12.4 Å². The normalized spacial score (nSPS) is 11.4. The molecule has 0 radical (unpaired) electrons. The van der Waals surface area contributed by atoms with Gasteiger partial charge in [-0.2, -0.15) is 0 Å². The van der Waals surface area contributed by atoms with E-state index in [1.165, 1.54) is 10.9 Å². The molecule has 0 atom stereocenters. The molecule has 2 N–H and O–H groups in total. The summed E-state index contributed by atoms with van der Waals surface area (Å²) in [5.41, 5.74) is -0.0905. The van der Waals surface area contributed by atoms with Crippen LogP contribution in [0.1, 0.15) is 20.3 Å². The van der Waals surface area contributed by atoms with Gasteiger partial charge in [0.05, 0.1) is 6.20 Å². The Morgan fingerprint density at radius 3 is 2.88 bits per heavy atom. The van der Waals surface area contributed by atoms with E-state index >= 15 is 0 Å². The molecule has 0 aliphatic carbocycles. The van der Waals surface area contributed by atoms with Crippen molar-refractivity contribution in [2.45, 2.75) is 26.8 Å². The van der Waals surface area contributed by atoms with Crippen LogP contribution in [-0.4, -0.2) is 39.2 Å². The van der Waals surface area contributed by atoms with Gasteiger partial charge in [0.15, 0.2) is 0 Å². The molecule has 0 aromatic carbocycles. The van der Waals surface area contributed by atoms with Crippen molar-refractivity contribution in [2.75, 3.05) is 13.2 Å². The second-order valence-corrected chi connectivity index (χ2v) is 4.52. The van der Waals surface area contributed by atoms with Crippen LogP contribution in [0.3, 0.4) is 0 Å². The first-order chi connectivity index (χ1) is 7.53. The van der Waals surface area contributed by atoms with Crippen molar-refractivity contribution in [3.8, 4) is 0 Å². The van der Waals surface area contributed by atoms with E-state index < -0.39 is 0 Å². The fraction of sp³-hybridized carbons (Fsp3) is 0.700. The van der Waals surface area contributed by atoms with Gasteiger partial charge in [-0.3, -0.25) is 4.79 Å². The summed E-state index contributed by atoms with van der Waals surface area (Å²) in [6.45, 7) is 4.85. The average molecular weight is 226 g/mol. The second-order valence-electron chi connectivity index (χ2n) is 4.52. The summed E-state index contributed by atoms with van der Waals surface area (Å²) in [5, 5.41) is 19.0. The Hall–Kier alpha value is -1.43. The minimum atomic E-state index is -0.100. The van der Waals surface area contributed by atoms with Crippen molar-refractivity contribution in [3.05, 3.63) is 12.4 Å². The van der Waals surface area contributed by atoms with Gasteiger partial charge in [-0.25, -0.2) is 4.68 Å². The first-order valence-corrected chi connectivity index (χ1v) is 5.25. The summed E-state index contributed by atoms with van der Waals surface area (Å²) >= 11 is 0. The summed E-state index contributed by atoms with van der Waals surface area (Å²) in [6, 6.07) is 0. The maximum atomic E-state index is 11.5. The lowest BCUT2D eigenvalue weighted by atomic mass is 9.90. The van der Waals surface area contributed by atoms with Crippen molar-refractivity contribution in [1.29, 1.82) is 0 Å². The summed E-state index contributed by atoms with van der Waals surface area (Å²) in [7, 11) is 0. The Morgan fingerprint density at radius 1 is 1.56 bits per heavy atom. The van der Waals surface area contributed by atoms with E-state index in [4.69, 9.17) is 5.11 Å². The summed E-state index contributed by atoms with van der Waals surface area (Å²) < 4.78 is 1.47. The van der Waals surface area contributed by atoms with Crippen LogP contribution in [0.5, 0.6) is 0 Å². The number of carbonyl (C=O) groups excluding carboxylic acids is 1. The van der Waals surface area contributed by atoms with Crippen LogP contribution in [0, 0.1) is 5.41 Å². The molecule has 6 heteroatoms. The number of amides is 1. The molecular formula is C10H18N4O2. The predicted octanol–water partition coefficient (Wildman–Crippen LogP) is -0.197. The number of hydrogen-bond donors (Lipinski definition) is 2. The molecule has 0 bridgehead atoms. The van der Waals surface area contributed by atoms with Crippen molar-refractivity contribution in [3.63, 3.8) is 0 Å². The number of hydrogen-bond acceptors (Lipinski definition) is 4. The maximum Gasteiger partial charge on any atom is 0.241 e. The standard InChI is InChI=1S/C10H18N4O2/c1-10(2,3-6-15)8-11-9(16)7-14-5-4-12-13-14/h4-5,15H,3,6-8H2,1-2H3,(H,11,16). The number of aliphatic hydroxyl groups excluding tert-OH is 1. The molecule has 16 heavy (non-hydrogen) atoms. The molecule has 0 fully saturated rings. The first-order valence-electron chi connectivity index (χ1n) is 5.25. The molecule has 0 spiro atoms. The minimum Gasteiger partial charge on any atom is -0.396 e. The highest BCUT2D eigenvalue weighted by Gasteiger charge is 2.18. The number of rotatable bonds is 6. The van der Waals surface area contributed by atoms with Crippen LogP contribution in [-0.2, 0) is 11.3 Å². The van der Waals surface area contributed by atoms with E-state index in [1.807, 2.05) is 13.8 Å². The zero-order chi connectivity index (χ0) is 12.0. The quantitative estimate of drug-likeness (QED) is 0.704. The van der Waals surface area contributed by atoms with Gasteiger partial charge < -0.3 is 10.4 Å². The third-order valence-corrected chi connectivity index (χ3v) is 2.33. The minimum absolute atomic E-state index is 0.0905. The molecule has 1 aromatic heterocycles. The molecule has 0 unspecified atom stereocenters. The van der Waals surface area contributed by atoms with Gasteiger partial charge in [0.2, 0.25) is 5.91 Å². The van der Waals surface area contributed by atoms with Crippen molar-refractivity contribution in [1.82, 2.24) is 20.3 Å². The Kier molecular flexibility index (Phi) is 4.42. The smallest absolute Gasteiger partial charge is 0.241 e. The topological polar surface area (TPSA) is 80.0 Å². The molecular weight excluding hydrogens is 208 g/mol. The monoisotopic (exact) mass is 226 g/mol. The molecule has 0 saturated heterocycles. The molecule has 0 aliphatic heterocycles. The van der Waals surface area contributed by atoms with Gasteiger partial charge in [-0.1, -0.05) is 19.1 Å². The molecule has 1 aromatic rings. The van der Waals surface area contributed by atoms with E-state index in [-0.39, 0.29) is 24.5 Å². The molecule has 0 saturated carbocycles. The van der Waals surface area contributed by atoms with Crippen LogP contribution in [0.4, 0.5) is 0 Å². The van der Waals surface area contributed by atoms with Gasteiger partial charge in [0, 0.05) is 19.3 Å². The zero-order valence-electron chi connectivity index (χ0n) is 9.68. The van der Waals surface area contributed by atoms with Gasteiger partial charge in [-0.15, -0.1) is 5.10 Å². The fourth-order valence-corrected chi connectivity index (χ4v) is 1.25. The molecule has 6 nitrogen and oxygen atoms in total. The van der Waals surface area contributed by atoms with Crippen LogP contribution in [0.2, 0.25) is 0 Å². The van der Waals surface area contributed by atoms with Gasteiger partial charge in [0.25, 0.3) is 0 Å². The van der Waals surface area contributed by atoms with Crippen molar-refractivity contribution >= 4 is 5.91 Å². The van der Waals surface area contributed by atoms with E-state index in [1.54, 1.807) is 6.20 Å². The van der Waals surface area contributed by atoms with Gasteiger partial charge in [-0.05, 0) is 11.8 Å². The second kappa shape index (κ2) is 5.60. The number of aromatic nitrogens is 3. The zero-order valence-corrected chi connectivity index (χ0v) is 9.68. The average Bonchev–Trinajstić information content (AvgIpc) is 2.68. The Balaban J connectivity index is 2.30. The molecule has 0 aliphatic rings. The molecule has 1 heterocycles. The number of aliphatic hydroxyl groups is 1. The van der Waals surface area contributed by atoms with E-state index in [0.717, 1.165) is 0 Å². The highest BCUT2D eigenvalue weighted by Crippen LogP contribution is 2.17. The summed E-state index contributed by atoms with van der Waals surface area (Å²) in [4.78, 5) is 11.5. The lowest BCUT2D eigenvalue weighted by Gasteiger charge is -2.23. The van der Waals surface area contributed by atoms with Gasteiger partial charge in [0.1, 0.15) is 6.54 Å². The van der Waals surface area contributed by atoms with Crippen LogP contribution in [0.25, 0.3) is 0 Å². The van der Waals surface area contributed by atoms with E-state index in [2.05, 4.69) is 15.6 Å². The van der Waals surface area contributed by atoms with Crippen molar-refractivity contribution < 1.29 is 9.90 Å². The Morgan fingerprint density at radius 2 is 2.31 bits per heavy atom. The Bertz CT molecular complexity index is 322. The molecule has 1 rings (SSSR count). The summed E-state index contributed by atoms with van der Waals surface area (Å²) in [6.07, 6.45) is 3.83. The van der Waals surface area contributed by atoms with E-state index in [9.17, 15) is 4.79 Å². The highest BCUT2D eigenvalue weighted by molar-refractivity contribution is 5.75.